The monoisotopic (exact) mass is 302 g/mol. The second kappa shape index (κ2) is 6.36. The van der Waals surface area contributed by atoms with E-state index in [1.54, 1.807) is 26.4 Å². The Morgan fingerprint density at radius 3 is 2.45 bits per heavy atom. The summed E-state index contributed by atoms with van der Waals surface area (Å²) in [5.41, 5.74) is 3.65. The van der Waals surface area contributed by atoms with E-state index < -0.39 is 0 Å². The van der Waals surface area contributed by atoms with E-state index >= 15 is 0 Å². The molecule has 2 aromatic carbocycles. The average Bonchev–Trinajstić information content (AvgIpc) is 2.53. The molecule has 0 bridgehead atoms. The molecule has 1 N–H and O–H groups in total. The maximum atomic E-state index is 13.3. The van der Waals surface area contributed by atoms with Crippen molar-refractivity contribution < 1.29 is 18.8 Å². The zero-order valence-electron chi connectivity index (χ0n) is 13.0. The van der Waals surface area contributed by atoms with E-state index in [1.165, 1.54) is 22.1 Å². The van der Waals surface area contributed by atoms with Gasteiger partial charge in [0.05, 0.1) is 20.8 Å². The molecule has 4 heteroatoms. The molecule has 1 aliphatic heterocycles. The molecular weight excluding hydrogens is 281 g/mol. The van der Waals surface area contributed by atoms with Crippen LogP contribution in [0.4, 0.5) is 4.39 Å². The predicted molar refractivity (Wildman–Crippen MR) is 82.9 cm³/mol. The molecule has 0 saturated heterocycles. The first-order valence-corrected chi connectivity index (χ1v) is 7.51. The SMILES string of the molecule is COc1cc2c(cc1OC)C[NH+](Cc1cccc(F)c1)CC2. The van der Waals surface area contributed by atoms with Gasteiger partial charge >= 0.3 is 0 Å². The van der Waals surface area contributed by atoms with E-state index in [4.69, 9.17) is 9.47 Å². The van der Waals surface area contributed by atoms with Gasteiger partial charge in [0.2, 0.25) is 0 Å². The summed E-state index contributed by atoms with van der Waals surface area (Å²) >= 11 is 0. The molecule has 116 valence electrons. The third-order valence-electron chi connectivity index (χ3n) is 4.24. The molecule has 0 fully saturated rings. The van der Waals surface area contributed by atoms with Gasteiger partial charge in [-0.25, -0.2) is 4.39 Å². The second-order valence-corrected chi connectivity index (χ2v) is 5.71. The van der Waals surface area contributed by atoms with E-state index in [1.807, 2.05) is 6.07 Å². The van der Waals surface area contributed by atoms with Crippen molar-refractivity contribution in [2.45, 2.75) is 19.5 Å². The fraction of sp³-hybridized carbons (Fsp3) is 0.333. The molecule has 0 amide bonds. The fourth-order valence-electron chi connectivity index (χ4n) is 3.12. The van der Waals surface area contributed by atoms with Crippen molar-refractivity contribution in [3.05, 3.63) is 58.9 Å². The molecule has 1 atom stereocenters. The lowest BCUT2D eigenvalue weighted by molar-refractivity contribution is -0.929. The molecule has 0 radical (unpaired) electrons. The van der Waals surface area contributed by atoms with Crippen LogP contribution in [0.25, 0.3) is 0 Å². The summed E-state index contributed by atoms with van der Waals surface area (Å²) in [6, 6.07) is 11.0. The van der Waals surface area contributed by atoms with Gasteiger partial charge < -0.3 is 14.4 Å². The van der Waals surface area contributed by atoms with Crippen molar-refractivity contribution >= 4 is 0 Å². The third-order valence-corrected chi connectivity index (χ3v) is 4.24. The van der Waals surface area contributed by atoms with Crippen molar-refractivity contribution in [1.82, 2.24) is 0 Å². The Labute approximate surface area is 130 Å². The molecule has 0 saturated carbocycles. The van der Waals surface area contributed by atoms with E-state index in [9.17, 15) is 4.39 Å². The molecular formula is C18H21FNO2+. The fourth-order valence-corrected chi connectivity index (χ4v) is 3.12. The summed E-state index contributed by atoms with van der Waals surface area (Å²) in [5.74, 6) is 1.39. The lowest BCUT2D eigenvalue weighted by Crippen LogP contribution is -3.10. The summed E-state index contributed by atoms with van der Waals surface area (Å²) in [4.78, 5) is 1.44. The van der Waals surface area contributed by atoms with E-state index in [0.717, 1.165) is 43.1 Å². The van der Waals surface area contributed by atoms with Crippen LogP contribution in [-0.4, -0.2) is 20.8 Å². The smallest absolute Gasteiger partial charge is 0.161 e. The molecule has 1 heterocycles. The molecule has 3 nitrogen and oxygen atoms in total. The topological polar surface area (TPSA) is 22.9 Å². The van der Waals surface area contributed by atoms with Crippen LogP contribution in [0.15, 0.2) is 36.4 Å². The van der Waals surface area contributed by atoms with Gasteiger partial charge in [-0.15, -0.1) is 0 Å². The van der Waals surface area contributed by atoms with Crippen LogP contribution in [0.5, 0.6) is 11.5 Å². The summed E-state index contributed by atoms with van der Waals surface area (Å²) in [7, 11) is 3.32. The van der Waals surface area contributed by atoms with Crippen molar-refractivity contribution in [3.63, 3.8) is 0 Å². The second-order valence-electron chi connectivity index (χ2n) is 5.71. The summed E-state index contributed by atoms with van der Waals surface area (Å²) in [6.45, 7) is 2.80. The highest BCUT2D eigenvalue weighted by Crippen LogP contribution is 2.31. The maximum absolute atomic E-state index is 13.3. The largest absolute Gasteiger partial charge is 0.493 e. The van der Waals surface area contributed by atoms with Crippen LogP contribution in [0.3, 0.4) is 0 Å². The van der Waals surface area contributed by atoms with Crippen LogP contribution in [0.1, 0.15) is 16.7 Å². The molecule has 3 rings (SSSR count). The Morgan fingerprint density at radius 1 is 1.05 bits per heavy atom. The van der Waals surface area contributed by atoms with Gasteiger partial charge in [-0.2, -0.15) is 0 Å². The lowest BCUT2D eigenvalue weighted by Gasteiger charge is -2.27. The molecule has 1 unspecified atom stereocenters. The molecule has 1 aliphatic rings. The third kappa shape index (κ3) is 3.07. The standard InChI is InChI=1S/C18H20FNO2/c1-21-17-9-14-6-7-20(12-15(14)10-18(17)22-2)11-13-4-3-5-16(19)8-13/h3-5,8-10H,6-7,11-12H2,1-2H3/p+1. The first-order valence-electron chi connectivity index (χ1n) is 7.51. The lowest BCUT2D eigenvalue weighted by atomic mass is 9.98. The van der Waals surface area contributed by atoms with Gasteiger partial charge in [-0.1, -0.05) is 12.1 Å². The molecule has 0 aromatic heterocycles. The number of hydrogen-bond donors (Lipinski definition) is 1. The molecule has 0 spiro atoms. The van der Waals surface area contributed by atoms with Gasteiger partial charge in [0.15, 0.2) is 11.5 Å². The molecule has 22 heavy (non-hydrogen) atoms. The predicted octanol–water partition coefficient (Wildman–Crippen LogP) is 1.98. The zero-order valence-corrected chi connectivity index (χ0v) is 13.0. The van der Waals surface area contributed by atoms with Crippen molar-refractivity contribution in [3.8, 4) is 11.5 Å². The number of quaternary nitrogens is 1. The number of rotatable bonds is 4. The van der Waals surface area contributed by atoms with E-state index in [-0.39, 0.29) is 5.82 Å². The van der Waals surface area contributed by atoms with Crippen LogP contribution in [0, 0.1) is 5.82 Å². The number of ether oxygens (including phenoxy) is 2. The van der Waals surface area contributed by atoms with Gasteiger partial charge in [-0.05, 0) is 29.8 Å². The minimum Gasteiger partial charge on any atom is -0.493 e. The normalized spacial score (nSPS) is 17.0. The highest BCUT2D eigenvalue weighted by Gasteiger charge is 2.22. The number of hydrogen-bond acceptors (Lipinski definition) is 2. The van der Waals surface area contributed by atoms with Gasteiger partial charge in [0.1, 0.15) is 18.9 Å². The number of nitrogens with one attached hydrogen (secondary N) is 1. The Kier molecular flexibility index (Phi) is 4.29. The Bertz CT molecular complexity index is 672. The van der Waals surface area contributed by atoms with E-state index in [2.05, 4.69) is 12.1 Å². The van der Waals surface area contributed by atoms with Crippen molar-refractivity contribution in [1.29, 1.82) is 0 Å². The minimum atomic E-state index is -0.166. The molecule has 0 aliphatic carbocycles. The first kappa shape index (κ1) is 14.9. The van der Waals surface area contributed by atoms with Gasteiger partial charge in [0.25, 0.3) is 0 Å². The number of benzene rings is 2. The van der Waals surface area contributed by atoms with Crippen LogP contribution in [-0.2, 0) is 19.5 Å². The van der Waals surface area contributed by atoms with Crippen LogP contribution in [0.2, 0.25) is 0 Å². The minimum absolute atomic E-state index is 0.166. The Morgan fingerprint density at radius 2 is 1.77 bits per heavy atom. The van der Waals surface area contributed by atoms with E-state index in [0.29, 0.717) is 0 Å². The van der Waals surface area contributed by atoms with Crippen molar-refractivity contribution in [2.75, 3.05) is 20.8 Å². The average molecular weight is 302 g/mol. The Balaban J connectivity index is 1.78. The van der Waals surface area contributed by atoms with Crippen LogP contribution >= 0.6 is 0 Å². The summed E-state index contributed by atoms with van der Waals surface area (Å²) in [5, 5.41) is 0. The zero-order chi connectivity index (χ0) is 15.5. The number of methoxy groups -OCH3 is 2. The summed E-state index contributed by atoms with van der Waals surface area (Å²) in [6.07, 6.45) is 1.00. The highest BCUT2D eigenvalue weighted by molar-refractivity contribution is 5.47. The number of halogens is 1. The first-order chi connectivity index (χ1) is 10.7. The van der Waals surface area contributed by atoms with Gasteiger partial charge in [-0.3, -0.25) is 0 Å². The number of fused-ring (bicyclic) bond motifs is 1. The highest BCUT2D eigenvalue weighted by atomic mass is 19.1. The molecule has 2 aromatic rings. The van der Waals surface area contributed by atoms with Crippen molar-refractivity contribution in [2.24, 2.45) is 0 Å². The quantitative estimate of drug-likeness (QED) is 0.933. The maximum Gasteiger partial charge on any atom is 0.161 e. The van der Waals surface area contributed by atoms with Gasteiger partial charge in [0, 0.05) is 17.5 Å². The van der Waals surface area contributed by atoms with Crippen LogP contribution < -0.4 is 14.4 Å². The summed E-state index contributed by atoms with van der Waals surface area (Å²) < 4.78 is 24.1. The Hall–Kier alpha value is -2.07.